The first kappa shape index (κ1) is 24.1. The van der Waals surface area contributed by atoms with Crippen molar-refractivity contribution >= 4 is 29.1 Å². The minimum absolute atomic E-state index is 0.266. The third-order valence-electron chi connectivity index (χ3n) is 5.54. The molecule has 32 heavy (non-hydrogen) atoms. The lowest BCUT2D eigenvalue weighted by atomic mass is 10.1. The van der Waals surface area contributed by atoms with Crippen molar-refractivity contribution < 1.29 is 14.6 Å². The fourth-order valence-electron chi connectivity index (χ4n) is 3.64. The van der Waals surface area contributed by atoms with Crippen LogP contribution in [0.15, 0.2) is 53.1 Å². The van der Waals surface area contributed by atoms with Gasteiger partial charge in [0.05, 0.1) is 22.0 Å². The molecule has 2 N–H and O–H groups in total. The SMILES string of the molecule is CCCCN(CCCC)c1cc(C(=O)O)cc(NC2=C(C)CCS2)c1Oc1ccccc1. The number of carboxylic acid groups (broad SMARTS) is 1. The van der Waals surface area contributed by atoms with E-state index in [2.05, 4.69) is 31.0 Å². The molecule has 0 fully saturated rings. The van der Waals surface area contributed by atoms with Crippen molar-refractivity contribution in [3.63, 3.8) is 0 Å². The minimum Gasteiger partial charge on any atom is -0.478 e. The van der Waals surface area contributed by atoms with E-state index >= 15 is 0 Å². The number of para-hydroxylation sites is 1. The Balaban J connectivity index is 2.13. The van der Waals surface area contributed by atoms with E-state index in [1.807, 2.05) is 30.3 Å². The van der Waals surface area contributed by atoms with Gasteiger partial charge in [-0.2, -0.15) is 0 Å². The number of ether oxygens (including phenoxy) is 1. The van der Waals surface area contributed by atoms with Gasteiger partial charge in [0.15, 0.2) is 5.75 Å². The Kier molecular flexibility index (Phi) is 8.91. The summed E-state index contributed by atoms with van der Waals surface area (Å²) in [5, 5.41) is 14.5. The Labute approximate surface area is 195 Å². The molecule has 0 bridgehead atoms. The summed E-state index contributed by atoms with van der Waals surface area (Å²) in [6.07, 6.45) is 5.25. The summed E-state index contributed by atoms with van der Waals surface area (Å²) >= 11 is 1.77. The van der Waals surface area contributed by atoms with Crippen LogP contribution in [-0.2, 0) is 0 Å². The van der Waals surface area contributed by atoms with E-state index in [0.29, 0.717) is 11.4 Å². The predicted molar refractivity (Wildman–Crippen MR) is 135 cm³/mol. The normalized spacial score (nSPS) is 13.3. The molecule has 0 aromatic heterocycles. The molecule has 3 rings (SSSR count). The third-order valence-corrected chi connectivity index (χ3v) is 6.69. The third kappa shape index (κ3) is 6.22. The van der Waals surface area contributed by atoms with Crippen molar-refractivity contribution in [2.75, 3.05) is 29.1 Å². The van der Waals surface area contributed by atoms with E-state index in [1.54, 1.807) is 23.9 Å². The van der Waals surface area contributed by atoms with Crippen molar-refractivity contribution in [2.24, 2.45) is 0 Å². The van der Waals surface area contributed by atoms with Crippen molar-refractivity contribution in [2.45, 2.75) is 52.9 Å². The van der Waals surface area contributed by atoms with Gasteiger partial charge in [0.1, 0.15) is 5.75 Å². The van der Waals surface area contributed by atoms with Crippen LogP contribution >= 0.6 is 11.8 Å². The molecule has 5 nitrogen and oxygen atoms in total. The van der Waals surface area contributed by atoms with Gasteiger partial charge in [0, 0.05) is 18.8 Å². The number of aromatic carboxylic acids is 1. The summed E-state index contributed by atoms with van der Waals surface area (Å²) in [6, 6.07) is 13.2. The van der Waals surface area contributed by atoms with Crippen LogP contribution in [0.1, 0.15) is 63.2 Å². The average molecular weight is 455 g/mol. The maximum atomic E-state index is 12.0. The number of benzene rings is 2. The second kappa shape index (κ2) is 11.9. The Morgan fingerprint density at radius 2 is 1.81 bits per heavy atom. The second-order valence-electron chi connectivity index (χ2n) is 8.12. The first-order valence-electron chi connectivity index (χ1n) is 11.5. The van der Waals surface area contributed by atoms with Crippen LogP contribution in [0.2, 0.25) is 0 Å². The lowest BCUT2D eigenvalue weighted by Crippen LogP contribution is -2.26. The Morgan fingerprint density at radius 3 is 2.38 bits per heavy atom. The number of allylic oxidation sites excluding steroid dienone is 1. The summed E-state index contributed by atoms with van der Waals surface area (Å²) < 4.78 is 6.43. The van der Waals surface area contributed by atoms with Gasteiger partial charge < -0.3 is 20.1 Å². The molecule has 1 heterocycles. The summed E-state index contributed by atoms with van der Waals surface area (Å²) in [5.74, 6) is 1.52. The zero-order valence-electron chi connectivity index (χ0n) is 19.3. The Bertz CT molecular complexity index is 936. The number of nitrogens with zero attached hydrogens (tertiary/aromatic N) is 1. The monoisotopic (exact) mass is 454 g/mol. The number of carboxylic acids is 1. The van der Waals surface area contributed by atoms with Gasteiger partial charge in [-0.05, 0) is 56.0 Å². The van der Waals surface area contributed by atoms with Gasteiger partial charge in [-0.3, -0.25) is 0 Å². The maximum absolute atomic E-state index is 12.0. The van der Waals surface area contributed by atoms with Crippen LogP contribution in [0, 0.1) is 0 Å². The Hall–Kier alpha value is -2.60. The van der Waals surface area contributed by atoms with Crippen LogP contribution in [0.5, 0.6) is 11.5 Å². The molecule has 0 saturated heterocycles. The standard InChI is InChI=1S/C26H34N2O3S/c1-4-6-14-28(15-7-5-2)23-18-20(26(29)30)17-22(27-25-19(3)13-16-32-25)24(23)31-21-11-9-8-10-12-21/h8-12,17-18,27H,4-7,13-16H2,1-3H3,(H,29,30). The highest BCUT2D eigenvalue weighted by Gasteiger charge is 2.23. The van der Waals surface area contributed by atoms with Crippen LogP contribution < -0.4 is 15.0 Å². The smallest absolute Gasteiger partial charge is 0.335 e. The Morgan fingerprint density at radius 1 is 1.12 bits per heavy atom. The maximum Gasteiger partial charge on any atom is 0.335 e. The summed E-state index contributed by atoms with van der Waals surface area (Å²) in [6.45, 7) is 8.19. The molecule has 6 heteroatoms. The van der Waals surface area contributed by atoms with Gasteiger partial charge in [-0.15, -0.1) is 11.8 Å². The van der Waals surface area contributed by atoms with E-state index in [4.69, 9.17) is 4.74 Å². The first-order valence-corrected chi connectivity index (χ1v) is 12.5. The number of nitrogens with one attached hydrogen (secondary N) is 1. The number of hydrogen-bond acceptors (Lipinski definition) is 5. The highest BCUT2D eigenvalue weighted by molar-refractivity contribution is 8.03. The number of carbonyl (C=O) groups is 1. The average Bonchev–Trinajstić information content (AvgIpc) is 3.20. The second-order valence-corrected chi connectivity index (χ2v) is 9.22. The molecule has 0 radical (unpaired) electrons. The van der Waals surface area contributed by atoms with E-state index in [9.17, 15) is 9.90 Å². The van der Waals surface area contributed by atoms with E-state index in [1.165, 1.54) is 5.57 Å². The molecule has 1 aliphatic heterocycles. The number of hydrogen-bond donors (Lipinski definition) is 2. The molecule has 0 amide bonds. The number of thioether (sulfide) groups is 1. The molecular formula is C26H34N2O3S. The lowest BCUT2D eigenvalue weighted by Gasteiger charge is -2.29. The van der Waals surface area contributed by atoms with E-state index in [0.717, 1.165) is 67.4 Å². The number of unbranched alkanes of at least 4 members (excludes halogenated alkanes) is 2. The zero-order chi connectivity index (χ0) is 22.9. The van der Waals surface area contributed by atoms with Gasteiger partial charge in [0.25, 0.3) is 0 Å². The largest absolute Gasteiger partial charge is 0.478 e. The van der Waals surface area contributed by atoms with E-state index < -0.39 is 5.97 Å². The molecule has 1 aliphatic rings. The molecule has 0 atom stereocenters. The molecule has 2 aromatic carbocycles. The van der Waals surface area contributed by atoms with Crippen LogP contribution in [-0.4, -0.2) is 29.9 Å². The molecular weight excluding hydrogens is 420 g/mol. The van der Waals surface area contributed by atoms with Crippen LogP contribution in [0.3, 0.4) is 0 Å². The van der Waals surface area contributed by atoms with Crippen LogP contribution in [0.25, 0.3) is 0 Å². The lowest BCUT2D eigenvalue weighted by molar-refractivity contribution is 0.0697. The summed E-state index contributed by atoms with van der Waals surface area (Å²) in [5.41, 5.74) is 3.09. The van der Waals surface area contributed by atoms with Gasteiger partial charge in [0.2, 0.25) is 0 Å². The van der Waals surface area contributed by atoms with Gasteiger partial charge in [-0.1, -0.05) is 44.9 Å². The number of anilines is 2. The summed E-state index contributed by atoms with van der Waals surface area (Å²) in [4.78, 5) is 14.3. The summed E-state index contributed by atoms with van der Waals surface area (Å²) in [7, 11) is 0. The molecule has 0 spiro atoms. The van der Waals surface area contributed by atoms with Gasteiger partial charge in [-0.25, -0.2) is 4.79 Å². The molecule has 0 aliphatic carbocycles. The van der Waals surface area contributed by atoms with Crippen molar-refractivity contribution in [1.82, 2.24) is 0 Å². The van der Waals surface area contributed by atoms with Crippen molar-refractivity contribution in [3.8, 4) is 11.5 Å². The molecule has 172 valence electrons. The van der Waals surface area contributed by atoms with Crippen molar-refractivity contribution in [3.05, 3.63) is 58.6 Å². The van der Waals surface area contributed by atoms with E-state index in [-0.39, 0.29) is 5.56 Å². The molecule has 0 unspecified atom stereocenters. The fraction of sp³-hybridized carbons (Fsp3) is 0.423. The quantitative estimate of drug-likeness (QED) is 0.349. The highest BCUT2D eigenvalue weighted by atomic mass is 32.2. The first-order chi connectivity index (χ1) is 15.5. The van der Waals surface area contributed by atoms with Crippen molar-refractivity contribution in [1.29, 1.82) is 0 Å². The highest BCUT2D eigenvalue weighted by Crippen LogP contribution is 2.43. The van der Waals surface area contributed by atoms with Gasteiger partial charge >= 0.3 is 5.97 Å². The van der Waals surface area contributed by atoms with Crippen LogP contribution in [0.4, 0.5) is 11.4 Å². The topological polar surface area (TPSA) is 61.8 Å². The fourth-order valence-corrected chi connectivity index (χ4v) is 4.78. The molecule has 0 saturated carbocycles. The zero-order valence-corrected chi connectivity index (χ0v) is 20.1. The minimum atomic E-state index is -0.934. The predicted octanol–water partition coefficient (Wildman–Crippen LogP) is 7.36. The molecule has 2 aromatic rings. The number of rotatable bonds is 12.